The van der Waals surface area contributed by atoms with Crippen molar-refractivity contribution in [2.75, 3.05) is 6.61 Å². The van der Waals surface area contributed by atoms with Crippen molar-refractivity contribution < 1.29 is 9.53 Å². The fourth-order valence-electron chi connectivity index (χ4n) is 1.01. The van der Waals surface area contributed by atoms with Gasteiger partial charge in [-0.25, -0.2) is 0 Å². The molecule has 0 heterocycles. The number of hydrogen-bond acceptors (Lipinski definition) is 2. The maximum absolute atomic E-state index is 11.2. The number of para-hydroxylation sites is 1. The van der Waals surface area contributed by atoms with E-state index in [0.717, 1.165) is 0 Å². The molecule has 0 amide bonds. The van der Waals surface area contributed by atoms with Crippen molar-refractivity contribution in [3.63, 3.8) is 0 Å². The van der Waals surface area contributed by atoms with Crippen molar-refractivity contribution in [1.29, 1.82) is 0 Å². The fraction of sp³-hybridized carbons (Fsp3) is 0.182. The van der Waals surface area contributed by atoms with Crippen LogP contribution in [0, 0.1) is 12.3 Å². The van der Waals surface area contributed by atoms with Crippen LogP contribution < -0.4 is 4.74 Å². The Morgan fingerprint density at radius 2 is 2.23 bits per heavy atom. The fourth-order valence-corrected chi connectivity index (χ4v) is 1.01. The number of hydrogen-bond donors (Lipinski definition) is 0. The van der Waals surface area contributed by atoms with Crippen LogP contribution in [0.2, 0.25) is 0 Å². The van der Waals surface area contributed by atoms with Gasteiger partial charge in [-0.15, -0.1) is 6.42 Å². The molecule has 0 fully saturated rings. The third-order valence-electron chi connectivity index (χ3n) is 1.56. The maximum atomic E-state index is 11.2. The van der Waals surface area contributed by atoms with E-state index >= 15 is 0 Å². The molecular weight excluding hydrogens is 164 g/mol. The quantitative estimate of drug-likeness (QED) is 0.397. The molecule has 1 rings (SSSR count). The summed E-state index contributed by atoms with van der Waals surface area (Å²) in [5.74, 6) is 2.27. The normalized spacial score (nSPS) is 8.92. The average molecular weight is 174 g/mol. The third-order valence-corrected chi connectivity index (χ3v) is 1.56. The smallest absolute Gasteiger partial charge is 0.239 e. The molecule has 0 saturated heterocycles. The molecule has 0 aromatic heterocycles. The number of ketones is 1. The van der Waals surface area contributed by atoms with Gasteiger partial charge in [0.05, 0.1) is 12.2 Å². The van der Waals surface area contributed by atoms with Gasteiger partial charge in [0.2, 0.25) is 5.78 Å². The molecule has 1 aromatic rings. The lowest BCUT2D eigenvalue weighted by Crippen LogP contribution is -2.01. The van der Waals surface area contributed by atoms with Crippen molar-refractivity contribution in [1.82, 2.24) is 0 Å². The van der Waals surface area contributed by atoms with E-state index < -0.39 is 0 Å². The number of Topliss-reactive ketones (excluding diaryl/α,β-unsaturated/α-hetero) is 1. The van der Waals surface area contributed by atoms with Crippen LogP contribution in [0.1, 0.15) is 17.3 Å². The van der Waals surface area contributed by atoms with Crippen LogP contribution in [0.3, 0.4) is 0 Å². The van der Waals surface area contributed by atoms with E-state index in [1.165, 1.54) is 0 Å². The Balaban J connectivity index is 3.06. The Hall–Kier alpha value is -1.75. The molecule has 0 aliphatic heterocycles. The summed E-state index contributed by atoms with van der Waals surface area (Å²) < 4.78 is 5.24. The maximum Gasteiger partial charge on any atom is 0.239 e. The van der Waals surface area contributed by atoms with Crippen molar-refractivity contribution in [2.45, 2.75) is 6.92 Å². The Morgan fingerprint density at radius 3 is 2.85 bits per heavy atom. The predicted octanol–water partition coefficient (Wildman–Crippen LogP) is 1.90. The molecule has 0 aliphatic rings. The Labute approximate surface area is 77.5 Å². The zero-order valence-electron chi connectivity index (χ0n) is 7.41. The largest absolute Gasteiger partial charge is 0.493 e. The number of ether oxygens (including phenoxy) is 1. The van der Waals surface area contributed by atoms with Crippen LogP contribution in [0.25, 0.3) is 0 Å². The van der Waals surface area contributed by atoms with E-state index in [9.17, 15) is 4.79 Å². The van der Waals surface area contributed by atoms with Gasteiger partial charge in [0.25, 0.3) is 0 Å². The average Bonchev–Trinajstić information content (AvgIpc) is 2.18. The first-order chi connectivity index (χ1) is 6.29. The van der Waals surface area contributed by atoms with E-state index in [-0.39, 0.29) is 5.78 Å². The first kappa shape index (κ1) is 9.34. The Morgan fingerprint density at radius 1 is 1.54 bits per heavy atom. The van der Waals surface area contributed by atoms with Gasteiger partial charge in [0, 0.05) is 0 Å². The first-order valence-electron chi connectivity index (χ1n) is 4.02. The van der Waals surface area contributed by atoms with E-state index in [0.29, 0.717) is 17.9 Å². The van der Waals surface area contributed by atoms with Gasteiger partial charge in [-0.05, 0) is 25.0 Å². The van der Waals surface area contributed by atoms with E-state index in [4.69, 9.17) is 11.2 Å². The van der Waals surface area contributed by atoms with Crippen LogP contribution in [0.15, 0.2) is 24.3 Å². The molecule has 1 aromatic carbocycles. The summed E-state index contributed by atoms with van der Waals surface area (Å²) in [6, 6.07) is 6.95. The third kappa shape index (κ3) is 2.09. The van der Waals surface area contributed by atoms with Gasteiger partial charge in [-0.3, -0.25) is 4.79 Å². The van der Waals surface area contributed by atoms with Crippen molar-refractivity contribution in [3.05, 3.63) is 29.8 Å². The van der Waals surface area contributed by atoms with Gasteiger partial charge >= 0.3 is 0 Å². The second-order valence-electron chi connectivity index (χ2n) is 2.40. The minimum absolute atomic E-state index is 0.343. The van der Waals surface area contributed by atoms with Gasteiger partial charge in [0.15, 0.2) is 0 Å². The highest BCUT2D eigenvalue weighted by Gasteiger charge is 2.07. The molecule has 0 aliphatic carbocycles. The zero-order chi connectivity index (χ0) is 9.68. The predicted molar refractivity (Wildman–Crippen MR) is 50.8 cm³/mol. The highest BCUT2D eigenvalue weighted by Crippen LogP contribution is 2.17. The topological polar surface area (TPSA) is 26.3 Å². The summed E-state index contributed by atoms with van der Waals surface area (Å²) in [7, 11) is 0. The lowest BCUT2D eigenvalue weighted by atomic mass is 10.1. The van der Waals surface area contributed by atoms with Crippen molar-refractivity contribution >= 4 is 5.78 Å². The molecule has 0 bridgehead atoms. The number of terminal acetylenes is 1. The first-order valence-corrected chi connectivity index (χ1v) is 4.02. The van der Waals surface area contributed by atoms with Crippen LogP contribution in [-0.2, 0) is 0 Å². The SMILES string of the molecule is C#CC(=O)c1ccccc1OCC. The molecule has 66 valence electrons. The molecule has 0 saturated carbocycles. The highest BCUT2D eigenvalue weighted by molar-refractivity contribution is 6.10. The molecule has 2 nitrogen and oxygen atoms in total. The number of rotatable bonds is 3. The molecule has 0 atom stereocenters. The molecule has 0 spiro atoms. The molecule has 0 N–H and O–H groups in total. The summed E-state index contributed by atoms with van der Waals surface area (Å²) in [6.07, 6.45) is 5.01. The van der Waals surface area contributed by atoms with Crippen LogP contribution in [0.5, 0.6) is 5.75 Å². The second-order valence-corrected chi connectivity index (χ2v) is 2.40. The van der Waals surface area contributed by atoms with E-state index in [1.54, 1.807) is 24.3 Å². The van der Waals surface area contributed by atoms with Crippen LogP contribution in [-0.4, -0.2) is 12.4 Å². The van der Waals surface area contributed by atoms with Crippen molar-refractivity contribution in [3.8, 4) is 18.1 Å². The van der Waals surface area contributed by atoms with Gasteiger partial charge < -0.3 is 4.74 Å². The lowest BCUT2D eigenvalue weighted by molar-refractivity contribution is 0.105. The number of carbonyl (C=O) groups is 1. The standard InChI is InChI=1S/C11H10O2/c1-3-10(12)9-7-5-6-8-11(9)13-4-2/h1,5-8H,4H2,2H3. The monoisotopic (exact) mass is 174 g/mol. The second kappa shape index (κ2) is 4.32. The molecular formula is C11H10O2. The highest BCUT2D eigenvalue weighted by atomic mass is 16.5. The lowest BCUT2D eigenvalue weighted by Gasteiger charge is -2.05. The van der Waals surface area contributed by atoms with Gasteiger partial charge in [-0.1, -0.05) is 12.1 Å². The Bertz CT molecular complexity index is 347. The van der Waals surface area contributed by atoms with Crippen LogP contribution in [0.4, 0.5) is 0 Å². The van der Waals surface area contributed by atoms with E-state index in [2.05, 4.69) is 5.92 Å². The molecule has 0 radical (unpaired) electrons. The van der Waals surface area contributed by atoms with Crippen LogP contribution >= 0.6 is 0 Å². The Kier molecular flexibility index (Phi) is 3.10. The summed E-state index contributed by atoms with van der Waals surface area (Å²) in [6.45, 7) is 2.38. The minimum atomic E-state index is -0.343. The minimum Gasteiger partial charge on any atom is -0.493 e. The van der Waals surface area contributed by atoms with Crippen molar-refractivity contribution in [2.24, 2.45) is 0 Å². The van der Waals surface area contributed by atoms with Gasteiger partial charge in [-0.2, -0.15) is 0 Å². The molecule has 2 heteroatoms. The zero-order valence-corrected chi connectivity index (χ0v) is 7.41. The number of benzene rings is 1. The molecule has 0 unspecified atom stereocenters. The summed E-state index contributed by atoms with van der Waals surface area (Å²) in [4.78, 5) is 11.2. The summed E-state index contributed by atoms with van der Waals surface area (Å²) in [5, 5.41) is 0. The molecule has 13 heavy (non-hydrogen) atoms. The number of carbonyl (C=O) groups excluding carboxylic acids is 1. The van der Waals surface area contributed by atoms with E-state index in [1.807, 2.05) is 6.92 Å². The van der Waals surface area contributed by atoms with Gasteiger partial charge in [0.1, 0.15) is 5.75 Å². The summed E-state index contributed by atoms with van der Waals surface area (Å²) >= 11 is 0. The summed E-state index contributed by atoms with van der Waals surface area (Å²) in [5.41, 5.74) is 0.451.